The Bertz CT molecular complexity index is 683. The molecular weight excluding hydrogens is 357 g/mol. The maximum atomic E-state index is 10.8. The molecule has 0 saturated carbocycles. The van der Waals surface area contributed by atoms with Gasteiger partial charge in [0.15, 0.2) is 0 Å². The predicted octanol–water partition coefficient (Wildman–Crippen LogP) is 5.73. The minimum Gasteiger partial charge on any atom is -0.456 e. The van der Waals surface area contributed by atoms with Crippen molar-refractivity contribution < 1.29 is 9.84 Å². The van der Waals surface area contributed by atoms with Gasteiger partial charge in [-0.05, 0) is 62.3 Å². The van der Waals surface area contributed by atoms with Crippen molar-refractivity contribution in [3.63, 3.8) is 0 Å². The van der Waals surface area contributed by atoms with Gasteiger partial charge in [0.1, 0.15) is 11.5 Å². The summed E-state index contributed by atoms with van der Waals surface area (Å²) < 4.78 is 5.78. The van der Waals surface area contributed by atoms with Gasteiger partial charge in [-0.25, -0.2) is 0 Å². The van der Waals surface area contributed by atoms with E-state index in [-0.39, 0.29) is 0 Å². The molecule has 0 spiro atoms. The van der Waals surface area contributed by atoms with Gasteiger partial charge >= 0.3 is 0 Å². The Morgan fingerprint density at radius 2 is 1.68 bits per heavy atom. The molecule has 2 aromatic rings. The van der Waals surface area contributed by atoms with Crippen LogP contribution < -0.4 is 4.74 Å². The third kappa shape index (κ3) is 5.61. The standard InChI is InChI=1S/C20H25Cl2NO2/c1-4-23(5-2)13-12-20(3,24)15-6-9-17(10-7-15)25-19-11-8-16(21)14-18(19)22/h6-11,14,24H,4-5,12-13H2,1-3H3. The average molecular weight is 382 g/mol. The maximum absolute atomic E-state index is 10.8. The van der Waals surface area contributed by atoms with Crippen molar-refractivity contribution in [2.45, 2.75) is 32.8 Å². The van der Waals surface area contributed by atoms with Crippen LogP contribution in [0.1, 0.15) is 32.8 Å². The number of halogens is 2. The van der Waals surface area contributed by atoms with E-state index in [0.717, 1.165) is 25.2 Å². The van der Waals surface area contributed by atoms with Gasteiger partial charge in [0.05, 0.1) is 10.6 Å². The van der Waals surface area contributed by atoms with Gasteiger partial charge in [0.2, 0.25) is 0 Å². The highest BCUT2D eigenvalue weighted by atomic mass is 35.5. The van der Waals surface area contributed by atoms with Gasteiger partial charge in [0.25, 0.3) is 0 Å². The maximum Gasteiger partial charge on any atom is 0.146 e. The second kappa shape index (κ2) is 8.91. The van der Waals surface area contributed by atoms with Crippen molar-refractivity contribution in [2.24, 2.45) is 0 Å². The lowest BCUT2D eigenvalue weighted by molar-refractivity contribution is 0.0369. The van der Waals surface area contributed by atoms with Crippen molar-refractivity contribution in [3.05, 3.63) is 58.1 Å². The molecular formula is C20H25Cl2NO2. The molecule has 5 heteroatoms. The summed E-state index contributed by atoms with van der Waals surface area (Å²) in [5, 5.41) is 11.8. The third-order valence-electron chi connectivity index (χ3n) is 4.41. The fraction of sp³-hybridized carbons (Fsp3) is 0.400. The number of aliphatic hydroxyl groups is 1. The predicted molar refractivity (Wildman–Crippen MR) is 105 cm³/mol. The molecule has 1 atom stereocenters. The smallest absolute Gasteiger partial charge is 0.146 e. The highest BCUT2D eigenvalue weighted by Gasteiger charge is 2.23. The first kappa shape index (κ1) is 20.1. The fourth-order valence-electron chi connectivity index (χ4n) is 2.63. The van der Waals surface area contributed by atoms with Crippen LogP contribution in [0.3, 0.4) is 0 Å². The van der Waals surface area contributed by atoms with Crippen LogP contribution in [0, 0.1) is 0 Å². The molecule has 0 bridgehead atoms. The lowest BCUT2D eigenvalue weighted by Crippen LogP contribution is -2.31. The largest absolute Gasteiger partial charge is 0.456 e. The first-order valence-electron chi connectivity index (χ1n) is 8.54. The molecule has 0 aliphatic heterocycles. The first-order valence-corrected chi connectivity index (χ1v) is 9.29. The molecule has 1 unspecified atom stereocenters. The molecule has 2 aromatic carbocycles. The van der Waals surface area contributed by atoms with E-state index < -0.39 is 5.60 Å². The summed E-state index contributed by atoms with van der Waals surface area (Å²) >= 11 is 12.0. The molecule has 0 amide bonds. The Labute approximate surface area is 160 Å². The van der Waals surface area contributed by atoms with Crippen LogP contribution in [0.5, 0.6) is 11.5 Å². The minimum atomic E-state index is -0.876. The van der Waals surface area contributed by atoms with Crippen LogP contribution in [0.2, 0.25) is 10.0 Å². The quantitative estimate of drug-likeness (QED) is 0.633. The van der Waals surface area contributed by atoms with Crippen LogP contribution >= 0.6 is 23.2 Å². The highest BCUT2D eigenvalue weighted by molar-refractivity contribution is 6.35. The second-order valence-corrected chi connectivity index (χ2v) is 7.10. The Morgan fingerprint density at radius 1 is 1.04 bits per heavy atom. The summed E-state index contributed by atoms with van der Waals surface area (Å²) in [5.74, 6) is 1.21. The molecule has 3 nitrogen and oxygen atoms in total. The van der Waals surface area contributed by atoms with Gasteiger partial charge in [-0.15, -0.1) is 0 Å². The summed E-state index contributed by atoms with van der Waals surface area (Å²) in [6.45, 7) is 8.95. The van der Waals surface area contributed by atoms with Gasteiger partial charge in [0, 0.05) is 11.6 Å². The average Bonchev–Trinajstić information content (AvgIpc) is 2.59. The Balaban J connectivity index is 2.05. The number of ether oxygens (including phenoxy) is 1. The lowest BCUT2D eigenvalue weighted by atomic mass is 9.92. The zero-order chi connectivity index (χ0) is 18.4. The fourth-order valence-corrected chi connectivity index (χ4v) is 3.07. The zero-order valence-corrected chi connectivity index (χ0v) is 16.4. The van der Waals surface area contributed by atoms with Crippen LogP contribution in [0.25, 0.3) is 0 Å². The molecule has 0 radical (unpaired) electrons. The van der Waals surface area contributed by atoms with E-state index in [1.54, 1.807) is 18.2 Å². The highest BCUT2D eigenvalue weighted by Crippen LogP contribution is 2.33. The van der Waals surface area contributed by atoms with E-state index in [0.29, 0.717) is 28.0 Å². The molecule has 25 heavy (non-hydrogen) atoms. The van der Waals surface area contributed by atoms with Crippen LogP contribution in [0.4, 0.5) is 0 Å². The minimum absolute atomic E-state index is 0.461. The van der Waals surface area contributed by atoms with Crippen LogP contribution in [0.15, 0.2) is 42.5 Å². The van der Waals surface area contributed by atoms with E-state index in [2.05, 4.69) is 18.7 Å². The SMILES string of the molecule is CCN(CC)CCC(C)(O)c1ccc(Oc2ccc(Cl)cc2Cl)cc1. The van der Waals surface area contributed by atoms with Crippen LogP contribution in [-0.2, 0) is 5.60 Å². The van der Waals surface area contributed by atoms with E-state index in [9.17, 15) is 5.11 Å². The molecule has 0 aliphatic rings. The van der Waals surface area contributed by atoms with E-state index in [1.807, 2.05) is 31.2 Å². The topological polar surface area (TPSA) is 32.7 Å². The summed E-state index contributed by atoms with van der Waals surface area (Å²) in [7, 11) is 0. The van der Waals surface area contributed by atoms with Crippen molar-refractivity contribution in [1.82, 2.24) is 4.90 Å². The number of benzene rings is 2. The number of hydrogen-bond donors (Lipinski definition) is 1. The molecule has 0 fully saturated rings. The number of nitrogens with zero attached hydrogens (tertiary/aromatic N) is 1. The number of rotatable bonds is 8. The van der Waals surface area contributed by atoms with E-state index in [4.69, 9.17) is 27.9 Å². The molecule has 0 heterocycles. The summed E-state index contributed by atoms with van der Waals surface area (Å²) in [6, 6.07) is 12.6. The number of hydrogen-bond acceptors (Lipinski definition) is 3. The normalized spacial score (nSPS) is 13.7. The Morgan fingerprint density at radius 3 is 2.24 bits per heavy atom. The van der Waals surface area contributed by atoms with Gasteiger partial charge in [-0.1, -0.05) is 49.2 Å². The third-order valence-corrected chi connectivity index (χ3v) is 4.94. The summed E-state index contributed by atoms with van der Waals surface area (Å²) in [6.07, 6.45) is 0.678. The van der Waals surface area contributed by atoms with Gasteiger partial charge in [-0.2, -0.15) is 0 Å². The zero-order valence-electron chi connectivity index (χ0n) is 14.9. The van der Waals surface area contributed by atoms with Gasteiger partial charge < -0.3 is 14.7 Å². The molecule has 0 aromatic heterocycles. The molecule has 1 N–H and O–H groups in total. The Hall–Kier alpha value is -1.26. The van der Waals surface area contributed by atoms with Crippen molar-refractivity contribution in [1.29, 1.82) is 0 Å². The Kier molecular flexibility index (Phi) is 7.14. The van der Waals surface area contributed by atoms with E-state index in [1.165, 1.54) is 0 Å². The van der Waals surface area contributed by atoms with Crippen molar-refractivity contribution in [2.75, 3.05) is 19.6 Å². The molecule has 2 rings (SSSR count). The van der Waals surface area contributed by atoms with E-state index >= 15 is 0 Å². The molecule has 136 valence electrons. The lowest BCUT2D eigenvalue weighted by Gasteiger charge is -2.27. The van der Waals surface area contributed by atoms with Crippen molar-refractivity contribution in [3.8, 4) is 11.5 Å². The second-order valence-electron chi connectivity index (χ2n) is 6.25. The molecule has 0 aliphatic carbocycles. The van der Waals surface area contributed by atoms with Crippen molar-refractivity contribution >= 4 is 23.2 Å². The summed E-state index contributed by atoms with van der Waals surface area (Å²) in [4.78, 5) is 2.30. The summed E-state index contributed by atoms with van der Waals surface area (Å²) in [5.41, 5.74) is -0.00632. The van der Waals surface area contributed by atoms with Gasteiger partial charge in [-0.3, -0.25) is 0 Å². The molecule has 0 saturated heterocycles. The monoisotopic (exact) mass is 381 g/mol. The first-order chi connectivity index (χ1) is 11.9. The van der Waals surface area contributed by atoms with Crippen LogP contribution in [-0.4, -0.2) is 29.6 Å².